The fourth-order valence-electron chi connectivity index (χ4n) is 2.28. The maximum atomic E-state index is 13.2. The van der Waals surface area contributed by atoms with Crippen molar-refractivity contribution >= 4 is 37.5 Å². The van der Waals surface area contributed by atoms with Gasteiger partial charge >= 0.3 is 0 Å². The molecule has 0 spiro atoms. The fraction of sp³-hybridized carbons (Fsp3) is 0.200. The number of benzene rings is 2. The van der Waals surface area contributed by atoms with Gasteiger partial charge in [0.05, 0.1) is 11.1 Å². The number of hydrogen-bond donors (Lipinski definition) is 1. The SMILES string of the molecule is Fc1ccc(NCc2cc(Br)cc3c2OCC3)cc1Br. The first-order chi connectivity index (χ1) is 9.63. The van der Waals surface area contributed by atoms with Crippen LogP contribution in [0, 0.1) is 5.82 Å². The summed E-state index contributed by atoms with van der Waals surface area (Å²) in [5.41, 5.74) is 3.20. The molecule has 20 heavy (non-hydrogen) atoms. The van der Waals surface area contributed by atoms with Crippen LogP contribution in [0.15, 0.2) is 39.3 Å². The Morgan fingerprint density at radius 2 is 2.05 bits per heavy atom. The van der Waals surface area contributed by atoms with E-state index in [4.69, 9.17) is 4.74 Å². The van der Waals surface area contributed by atoms with E-state index in [2.05, 4.69) is 49.3 Å². The van der Waals surface area contributed by atoms with Crippen LogP contribution in [-0.2, 0) is 13.0 Å². The lowest BCUT2D eigenvalue weighted by atomic mass is 10.1. The third kappa shape index (κ3) is 2.83. The number of ether oxygens (including phenoxy) is 1. The smallest absolute Gasteiger partial charge is 0.137 e. The van der Waals surface area contributed by atoms with Crippen molar-refractivity contribution in [3.63, 3.8) is 0 Å². The summed E-state index contributed by atoms with van der Waals surface area (Å²) in [7, 11) is 0. The molecule has 0 unspecified atom stereocenters. The molecule has 0 atom stereocenters. The summed E-state index contributed by atoms with van der Waals surface area (Å²) in [6.45, 7) is 1.38. The standard InChI is InChI=1S/C15H12Br2FNO/c16-11-5-9-3-4-20-15(9)10(6-11)8-19-12-1-2-14(18)13(17)7-12/h1-2,5-7,19H,3-4,8H2. The maximum Gasteiger partial charge on any atom is 0.137 e. The maximum absolute atomic E-state index is 13.2. The van der Waals surface area contributed by atoms with E-state index in [1.807, 2.05) is 0 Å². The predicted octanol–water partition coefficient (Wildman–Crippen LogP) is 4.90. The van der Waals surface area contributed by atoms with Crippen molar-refractivity contribution in [3.8, 4) is 5.75 Å². The van der Waals surface area contributed by atoms with Crippen molar-refractivity contribution < 1.29 is 9.13 Å². The van der Waals surface area contributed by atoms with Gasteiger partial charge in [-0.3, -0.25) is 0 Å². The van der Waals surface area contributed by atoms with Gasteiger partial charge in [-0.15, -0.1) is 0 Å². The first-order valence-electron chi connectivity index (χ1n) is 6.26. The summed E-state index contributed by atoms with van der Waals surface area (Å²) < 4.78 is 20.4. The van der Waals surface area contributed by atoms with Crippen LogP contribution >= 0.6 is 31.9 Å². The monoisotopic (exact) mass is 399 g/mol. The highest BCUT2D eigenvalue weighted by Crippen LogP contribution is 2.33. The minimum atomic E-state index is -0.262. The number of anilines is 1. The summed E-state index contributed by atoms with van der Waals surface area (Å²) in [6.07, 6.45) is 0.948. The molecule has 2 aromatic carbocycles. The minimum Gasteiger partial charge on any atom is -0.493 e. The van der Waals surface area contributed by atoms with E-state index >= 15 is 0 Å². The van der Waals surface area contributed by atoms with E-state index < -0.39 is 0 Å². The lowest BCUT2D eigenvalue weighted by Gasteiger charge is -2.11. The fourth-order valence-corrected chi connectivity index (χ4v) is 3.21. The van der Waals surface area contributed by atoms with Gasteiger partial charge in [-0.05, 0) is 51.8 Å². The van der Waals surface area contributed by atoms with Crippen molar-refractivity contribution in [3.05, 3.63) is 56.2 Å². The quantitative estimate of drug-likeness (QED) is 0.791. The Bertz CT molecular complexity index is 661. The molecule has 0 aromatic heterocycles. The topological polar surface area (TPSA) is 21.3 Å². The van der Waals surface area contributed by atoms with Gasteiger partial charge in [0.1, 0.15) is 11.6 Å². The summed E-state index contributed by atoms with van der Waals surface area (Å²) in [4.78, 5) is 0. The molecule has 1 heterocycles. The molecule has 0 amide bonds. The number of nitrogens with one attached hydrogen (secondary N) is 1. The third-order valence-corrected chi connectivity index (χ3v) is 4.29. The molecule has 0 saturated carbocycles. The van der Waals surface area contributed by atoms with Gasteiger partial charge in [0.15, 0.2) is 0 Å². The molecule has 1 aliphatic heterocycles. The lowest BCUT2D eigenvalue weighted by molar-refractivity contribution is 0.354. The van der Waals surface area contributed by atoms with Gasteiger partial charge in [0, 0.05) is 28.7 Å². The van der Waals surface area contributed by atoms with Gasteiger partial charge in [0.25, 0.3) is 0 Å². The van der Waals surface area contributed by atoms with E-state index in [9.17, 15) is 4.39 Å². The molecule has 1 N–H and O–H groups in total. The zero-order valence-corrected chi connectivity index (χ0v) is 13.7. The summed E-state index contributed by atoms with van der Waals surface area (Å²) in [6, 6.07) is 9.04. The number of fused-ring (bicyclic) bond motifs is 1. The Morgan fingerprint density at radius 3 is 2.85 bits per heavy atom. The van der Waals surface area contributed by atoms with Crippen LogP contribution in [0.3, 0.4) is 0 Å². The van der Waals surface area contributed by atoms with Gasteiger partial charge < -0.3 is 10.1 Å². The molecule has 3 rings (SSSR count). The first kappa shape index (κ1) is 13.9. The third-order valence-electron chi connectivity index (χ3n) is 3.23. The van der Waals surface area contributed by atoms with Crippen LogP contribution in [0.1, 0.15) is 11.1 Å². The Labute approximate surface area is 133 Å². The average molecular weight is 401 g/mol. The average Bonchev–Trinajstić information content (AvgIpc) is 2.88. The van der Waals surface area contributed by atoms with Gasteiger partial charge in [-0.25, -0.2) is 4.39 Å². The van der Waals surface area contributed by atoms with E-state index in [1.54, 1.807) is 12.1 Å². The van der Waals surface area contributed by atoms with Crippen molar-refractivity contribution in [2.24, 2.45) is 0 Å². The number of halogens is 3. The minimum absolute atomic E-state index is 0.262. The molecule has 0 saturated heterocycles. The number of hydrogen-bond acceptors (Lipinski definition) is 2. The highest BCUT2D eigenvalue weighted by molar-refractivity contribution is 9.10. The molecular formula is C15H12Br2FNO. The van der Waals surface area contributed by atoms with Gasteiger partial charge in [0.2, 0.25) is 0 Å². The van der Waals surface area contributed by atoms with Crippen molar-refractivity contribution in [2.45, 2.75) is 13.0 Å². The van der Waals surface area contributed by atoms with E-state index in [-0.39, 0.29) is 5.82 Å². The highest BCUT2D eigenvalue weighted by Gasteiger charge is 2.17. The summed E-state index contributed by atoms with van der Waals surface area (Å²) in [5.74, 6) is 0.712. The van der Waals surface area contributed by atoms with Crippen molar-refractivity contribution in [1.29, 1.82) is 0 Å². The Balaban J connectivity index is 1.80. The molecule has 0 radical (unpaired) electrons. The molecule has 0 fully saturated rings. The highest BCUT2D eigenvalue weighted by atomic mass is 79.9. The van der Waals surface area contributed by atoms with Crippen molar-refractivity contribution in [2.75, 3.05) is 11.9 Å². The number of rotatable bonds is 3. The Hall–Kier alpha value is -1.07. The largest absolute Gasteiger partial charge is 0.493 e. The molecule has 5 heteroatoms. The lowest BCUT2D eigenvalue weighted by Crippen LogP contribution is -2.02. The van der Waals surface area contributed by atoms with E-state index in [1.165, 1.54) is 11.6 Å². The van der Waals surface area contributed by atoms with Crippen LogP contribution < -0.4 is 10.1 Å². The second-order valence-electron chi connectivity index (χ2n) is 4.63. The van der Waals surface area contributed by atoms with Crippen LogP contribution in [-0.4, -0.2) is 6.61 Å². The molecule has 1 aliphatic rings. The zero-order valence-electron chi connectivity index (χ0n) is 10.6. The summed E-state index contributed by atoms with van der Waals surface area (Å²) in [5, 5.41) is 3.29. The van der Waals surface area contributed by atoms with Gasteiger partial charge in [-0.1, -0.05) is 15.9 Å². The molecule has 104 valence electrons. The Kier molecular flexibility index (Phi) is 3.98. The first-order valence-corrected chi connectivity index (χ1v) is 7.85. The van der Waals surface area contributed by atoms with E-state index in [0.717, 1.165) is 34.5 Å². The second-order valence-corrected chi connectivity index (χ2v) is 6.40. The second kappa shape index (κ2) is 5.74. The molecule has 2 aromatic rings. The molecule has 0 bridgehead atoms. The van der Waals surface area contributed by atoms with E-state index in [0.29, 0.717) is 11.0 Å². The van der Waals surface area contributed by atoms with Crippen molar-refractivity contribution in [1.82, 2.24) is 0 Å². The predicted molar refractivity (Wildman–Crippen MR) is 84.8 cm³/mol. The molecule has 2 nitrogen and oxygen atoms in total. The van der Waals surface area contributed by atoms with Crippen LogP contribution in [0.4, 0.5) is 10.1 Å². The molecule has 0 aliphatic carbocycles. The van der Waals surface area contributed by atoms with Gasteiger partial charge in [-0.2, -0.15) is 0 Å². The van der Waals surface area contributed by atoms with Crippen LogP contribution in [0.5, 0.6) is 5.75 Å². The summed E-state index contributed by atoms with van der Waals surface area (Å²) >= 11 is 6.71. The normalized spacial score (nSPS) is 12.9. The van der Waals surface area contributed by atoms with Crippen LogP contribution in [0.25, 0.3) is 0 Å². The van der Waals surface area contributed by atoms with Crippen LogP contribution in [0.2, 0.25) is 0 Å². The Morgan fingerprint density at radius 1 is 1.20 bits per heavy atom. The zero-order chi connectivity index (χ0) is 14.1. The molecular weight excluding hydrogens is 389 g/mol.